The Morgan fingerprint density at radius 2 is 1.53 bits per heavy atom. The van der Waals surface area contributed by atoms with Crippen molar-refractivity contribution in [2.24, 2.45) is 0 Å². The van der Waals surface area contributed by atoms with Crippen LogP contribution in [0.2, 0.25) is 0 Å². The Morgan fingerprint density at radius 3 is 1.93 bits per heavy atom. The first-order chi connectivity index (χ1) is 7.08. The van der Waals surface area contributed by atoms with Crippen molar-refractivity contribution >= 4 is 11.6 Å². The number of hydrogen-bond donors (Lipinski definition) is 0. The molecule has 0 saturated heterocycles. The number of carbonyl (C=O) groups excluding carboxylic acids is 2. The molecule has 1 radical (unpaired) electrons. The lowest BCUT2D eigenvalue weighted by molar-refractivity contribution is -0.120. The van der Waals surface area contributed by atoms with Crippen LogP contribution in [0.1, 0.15) is 6.92 Å². The molecule has 1 rings (SSSR count). The third kappa shape index (κ3) is 1.58. The van der Waals surface area contributed by atoms with Crippen LogP contribution in [0, 0.1) is 6.58 Å². The van der Waals surface area contributed by atoms with E-state index in [-0.39, 0.29) is 28.4 Å². The first-order valence-electron chi connectivity index (χ1n) is 4.26. The van der Waals surface area contributed by atoms with E-state index in [0.29, 0.717) is 0 Å². The molecule has 0 amide bonds. The maximum atomic E-state index is 11.7. The Balaban J connectivity index is 3.37. The Bertz CT molecular complexity index is 399. The normalized spacial score (nSPS) is 17.0. The second-order valence-electron chi connectivity index (χ2n) is 2.93. The number of allylic oxidation sites excluding steroid dienone is 3. The molecule has 0 heterocycles. The third-order valence-corrected chi connectivity index (χ3v) is 2.18. The van der Waals surface area contributed by atoms with Crippen molar-refractivity contribution in [1.82, 2.24) is 0 Å². The van der Waals surface area contributed by atoms with Gasteiger partial charge in [0.2, 0.25) is 23.1 Å². The predicted molar refractivity (Wildman–Crippen MR) is 52.6 cm³/mol. The molecule has 0 atom stereocenters. The summed E-state index contributed by atoms with van der Waals surface area (Å²) in [7, 11) is 2.61. The van der Waals surface area contributed by atoms with Gasteiger partial charge >= 0.3 is 0 Å². The number of ketones is 2. The number of methoxy groups -OCH3 is 2. The first kappa shape index (κ1) is 11.2. The molecular weight excluding hydrogens is 196 g/mol. The molecule has 0 unspecified atom stereocenters. The van der Waals surface area contributed by atoms with E-state index in [1.807, 2.05) is 0 Å². The molecular formula is C11H11O4. The van der Waals surface area contributed by atoms with Gasteiger partial charge in [-0.05, 0) is 6.92 Å². The van der Waals surface area contributed by atoms with E-state index >= 15 is 0 Å². The largest absolute Gasteiger partial charge is 0.489 e. The van der Waals surface area contributed by atoms with Gasteiger partial charge < -0.3 is 9.47 Å². The maximum Gasteiger partial charge on any atom is 0.232 e. The van der Waals surface area contributed by atoms with Gasteiger partial charge in [-0.25, -0.2) is 0 Å². The van der Waals surface area contributed by atoms with Crippen LogP contribution in [0.5, 0.6) is 0 Å². The fourth-order valence-corrected chi connectivity index (χ4v) is 1.36. The smallest absolute Gasteiger partial charge is 0.232 e. The highest BCUT2D eigenvalue weighted by Gasteiger charge is 2.33. The maximum absolute atomic E-state index is 11.7. The lowest BCUT2D eigenvalue weighted by atomic mass is 9.93. The van der Waals surface area contributed by atoms with Gasteiger partial charge in [-0.3, -0.25) is 9.59 Å². The molecule has 1 aliphatic rings. The molecule has 1 aliphatic carbocycles. The minimum absolute atomic E-state index is 0.0781. The average Bonchev–Trinajstić information content (AvgIpc) is 2.23. The van der Waals surface area contributed by atoms with Gasteiger partial charge in [-0.1, -0.05) is 12.7 Å². The summed E-state index contributed by atoms with van der Waals surface area (Å²) in [5.74, 6) is -1.00. The minimum atomic E-state index is -0.436. The van der Waals surface area contributed by atoms with Crippen LogP contribution in [0.4, 0.5) is 0 Å². The Hall–Kier alpha value is -1.84. The highest BCUT2D eigenvalue weighted by Crippen LogP contribution is 2.25. The van der Waals surface area contributed by atoms with Crippen molar-refractivity contribution in [2.75, 3.05) is 14.2 Å². The monoisotopic (exact) mass is 207 g/mol. The summed E-state index contributed by atoms with van der Waals surface area (Å²) in [4.78, 5) is 23.4. The summed E-state index contributed by atoms with van der Waals surface area (Å²) >= 11 is 0. The molecule has 4 heteroatoms. The second-order valence-corrected chi connectivity index (χ2v) is 2.93. The van der Waals surface area contributed by atoms with Crippen LogP contribution >= 0.6 is 0 Å². The summed E-state index contributed by atoms with van der Waals surface area (Å²) < 4.78 is 9.67. The van der Waals surface area contributed by atoms with E-state index < -0.39 is 5.78 Å². The number of Topliss-reactive ketones (excluding diaryl/α,β-unsaturated/α-hetero) is 2. The van der Waals surface area contributed by atoms with Crippen LogP contribution < -0.4 is 0 Å². The zero-order valence-corrected chi connectivity index (χ0v) is 8.79. The second kappa shape index (κ2) is 4.13. The lowest BCUT2D eigenvalue weighted by Gasteiger charge is -2.18. The molecule has 4 nitrogen and oxygen atoms in total. The highest BCUT2D eigenvalue weighted by atomic mass is 16.5. The molecule has 0 aromatic heterocycles. The third-order valence-electron chi connectivity index (χ3n) is 2.18. The summed E-state index contributed by atoms with van der Waals surface area (Å²) in [5.41, 5.74) is 0.415. The van der Waals surface area contributed by atoms with E-state index in [2.05, 4.69) is 0 Å². The van der Waals surface area contributed by atoms with E-state index in [4.69, 9.17) is 16.1 Å². The zero-order chi connectivity index (χ0) is 11.6. The van der Waals surface area contributed by atoms with Crippen LogP contribution in [0.3, 0.4) is 0 Å². The van der Waals surface area contributed by atoms with E-state index in [1.165, 1.54) is 21.1 Å². The number of rotatable bonds is 3. The quantitative estimate of drug-likeness (QED) is 0.646. The van der Waals surface area contributed by atoms with Crippen molar-refractivity contribution in [3.63, 3.8) is 0 Å². The molecule has 0 saturated carbocycles. The van der Waals surface area contributed by atoms with Crippen molar-refractivity contribution < 1.29 is 19.1 Å². The van der Waals surface area contributed by atoms with Crippen molar-refractivity contribution in [1.29, 1.82) is 0 Å². The van der Waals surface area contributed by atoms with Gasteiger partial charge in [0.25, 0.3) is 0 Å². The summed E-state index contributed by atoms with van der Waals surface area (Å²) in [6.07, 6.45) is 1.10. The molecule has 0 aromatic carbocycles. The van der Waals surface area contributed by atoms with E-state index in [9.17, 15) is 9.59 Å². The van der Waals surface area contributed by atoms with Crippen molar-refractivity contribution in [3.05, 3.63) is 35.3 Å². The Morgan fingerprint density at radius 1 is 1.07 bits per heavy atom. The van der Waals surface area contributed by atoms with Crippen LogP contribution in [-0.4, -0.2) is 25.8 Å². The fraction of sp³-hybridized carbons (Fsp3) is 0.273. The number of ether oxygens (including phenoxy) is 2. The molecule has 15 heavy (non-hydrogen) atoms. The zero-order valence-electron chi connectivity index (χ0n) is 8.79. The predicted octanol–water partition coefficient (Wildman–Crippen LogP) is 0.948. The standard InChI is InChI=1S/C11H11O4/c1-5-7-6(2)8(12)10(14-3)11(15-4)9(7)13/h1,5H,2-4H3. The van der Waals surface area contributed by atoms with Gasteiger partial charge in [0.05, 0.1) is 14.2 Å². The van der Waals surface area contributed by atoms with E-state index in [0.717, 1.165) is 6.08 Å². The fourth-order valence-electron chi connectivity index (χ4n) is 1.36. The molecule has 79 valence electrons. The van der Waals surface area contributed by atoms with Crippen LogP contribution in [0.15, 0.2) is 28.7 Å². The Labute approximate surface area is 87.9 Å². The van der Waals surface area contributed by atoms with Crippen molar-refractivity contribution in [3.8, 4) is 0 Å². The van der Waals surface area contributed by atoms with Gasteiger partial charge in [-0.15, -0.1) is 0 Å². The Kier molecular flexibility index (Phi) is 3.09. The first-order valence-corrected chi connectivity index (χ1v) is 4.26. The average molecular weight is 207 g/mol. The SMILES string of the molecule is [CH]=CC1=C(C)C(=O)C(OC)=C(OC)C1=O. The van der Waals surface area contributed by atoms with Gasteiger partial charge in [0.1, 0.15) is 0 Å². The summed E-state index contributed by atoms with van der Waals surface area (Å²) in [5, 5.41) is 0. The molecule has 0 bridgehead atoms. The number of hydrogen-bond acceptors (Lipinski definition) is 4. The van der Waals surface area contributed by atoms with E-state index in [1.54, 1.807) is 0 Å². The van der Waals surface area contributed by atoms with Crippen LogP contribution in [0.25, 0.3) is 0 Å². The number of carbonyl (C=O) groups is 2. The summed E-state index contributed by atoms with van der Waals surface area (Å²) in [6, 6.07) is 0. The lowest BCUT2D eigenvalue weighted by Crippen LogP contribution is -2.24. The topological polar surface area (TPSA) is 52.6 Å². The van der Waals surface area contributed by atoms with Crippen molar-refractivity contribution in [2.45, 2.75) is 6.92 Å². The molecule has 0 aliphatic heterocycles. The van der Waals surface area contributed by atoms with Gasteiger partial charge in [0.15, 0.2) is 0 Å². The minimum Gasteiger partial charge on any atom is -0.489 e. The van der Waals surface area contributed by atoms with Gasteiger partial charge in [-0.2, -0.15) is 0 Å². The van der Waals surface area contributed by atoms with Gasteiger partial charge in [0, 0.05) is 11.1 Å². The molecule has 0 N–H and O–H groups in total. The molecule has 0 spiro atoms. The highest BCUT2D eigenvalue weighted by molar-refractivity contribution is 6.24. The van der Waals surface area contributed by atoms with Crippen LogP contribution in [-0.2, 0) is 19.1 Å². The summed E-state index contributed by atoms with van der Waals surface area (Å²) in [6.45, 7) is 6.79. The molecule has 0 fully saturated rings. The molecule has 0 aromatic rings.